The molecule has 0 saturated carbocycles. The molecule has 18 heavy (non-hydrogen) atoms. The van der Waals surface area contributed by atoms with Crippen molar-refractivity contribution >= 4 is 17.2 Å². The Morgan fingerprint density at radius 1 is 1.44 bits per heavy atom. The van der Waals surface area contributed by atoms with E-state index < -0.39 is 0 Å². The zero-order valence-electron chi connectivity index (χ0n) is 11.3. The highest BCUT2D eigenvalue weighted by Gasteiger charge is 2.15. The zero-order valence-corrected chi connectivity index (χ0v) is 12.2. The molecule has 0 fully saturated rings. The van der Waals surface area contributed by atoms with E-state index in [0.717, 1.165) is 25.1 Å². The summed E-state index contributed by atoms with van der Waals surface area (Å²) in [4.78, 5) is 2.85. The molecule has 1 rings (SSSR count). The van der Waals surface area contributed by atoms with Crippen molar-refractivity contribution in [2.75, 3.05) is 14.2 Å². The van der Waals surface area contributed by atoms with Crippen LogP contribution < -0.4 is 10.5 Å². The third-order valence-electron chi connectivity index (χ3n) is 3.14. The third kappa shape index (κ3) is 4.27. The van der Waals surface area contributed by atoms with Crippen LogP contribution in [0.4, 0.5) is 0 Å². The summed E-state index contributed by atoms with van der Waals surface area (Å²) in [5.74, 6) is 0.925. The van der Waals surface area contributed by atoms with Crippen LogP contribution in [-0.2, 0) is 6.54 Å². The minimum Gasteiger partial charge on any atom is -0.496 e. The molecule has 0 amide bonds. The summed E-state index contributed by atoms with van der Waals surface area (Å²) < 4.78 is 5.36. The molecule has 0 aliphatic heterocycles. The molecule has 1 unspecified atom stereocenters. The number of nitrogens with two attached hydrogens (primary N) is 1. The quantitative estimate of drug-likeness (QED) is 0.770. The largest absolute Gasteiger partial charge is 0.496 e. The Balaban J connectivity index is 2.72. The van der Waals surface area contributed by atoms with Gasteiger partial charge in [0.05, 0.1) is 12.1 Å². The lowest BCUT2D eigenvalue weighted by Gasteiger charge is -2.27. The second kappa shape index (κ2) is 7.34. The molecule has 1 aromatic carbocycles. The summed E-state index contributed by atoms with van der Waals surface area (Å²) in [6, 6.07) is 8.46. The van der Waals surface area contributed by atoms with Crippen LogP contribution in [0.5, 0.6) is 5.75 Å². The Bertz CT molecular complexity index is 395. The second-order valence-corrected chi connectivity index (χ2v) is 4.98. The number of nitrogens with zero attached hydrogens (tertiary/aromatic N) is 1. The van der Waals surface area contributed by atoms with Crippen LogP contribution in [0.25, 0.3) is 0 Å². The van der Waals surface area contributed by atoms with E-state index in [1.807, 2.05) is 18.2 Å². The van der Waals surface area contributed by atoms with Gasteiger partial charge in [-0.3, -0.25) is 4.90 Å². The molecule has 0 aliphatic rings. The highest BCUT2D eigenvalue weighted by molar-refractivity contribution is 7.80. The molecule has 0 heterocycles. The number of ether oxygens (including phenoxy) is 1. The van der Waals surface area contributed by atoms with Crippen LogP contribution in [0.3, 0.4) is 0 Å². The Morgan fingerprint density at radius 2 is 2.11 bits per heavy atom. The van der Waals surface area contributed by atoms with E-state index in [1.54, 1.807) is 7.11 Å². The minimum absolute atomic E-state index is 0.382. The van der Waals surface area contributed by atoms with Gasteiger partial charge in [0.1, 0.15) is 5.75 Å². The zero-order chi connectivity index (χ0) is 13.5. The summed E-state index contributed by atoms with van der Waals surface area (Å²) >= 11 is 5.00. The van der Waals surface area contributed by atoms with Crippen molar-refractivity contribution in [1.82, 2.24) is 4.90 Å². The van der Waals surface area contributed by atoms with E-state index in [1.165, 1.54) is 5.56 Å². The maximum absolute atomic E-state index is 5.64. The van der Waals surface area contributed by atoms with Gasteiger partial charge in [0, 0.05) is 24.6 Å². The second-order valence-electron chi connectivity index (χ2n) is 4.46. The maximum Gasteiger partial charge on any atom is 0.123 e. The van der Waals surface area contributed by atoms with Crippen molar-refractivity contribution in [3.63, 3.8) is 0 Å². The average Bonchev–Trinajstić information content (AvgIpc) is 2.36. The van der Waals surface area contributed by atoms with Crippen LogP contribution >= 0.6 is 12.2 Å². The molecule has 0 aromatic heterocycles. The predicted octanol–water partition coefficient (Wildman–Crippen LogP) is 2.58. The van der Waals surface area contributed by atoms with Crippen molar-refractivity contribution in [1.29, 1.82) is 0 Å². The van der Waals surface area contributed by atoms with E-state index in [9.17, 15) is 0 Å². The van der Waals surface area contributed by atoms with Crippen LogP contribution in [0.1, 0.15) is 25.3 Å². The molecule has 4 heteroatoms. The van der Waals surface area contributed by atoms with Crippen molar-refractivity contribution in [2.24, 2.45) is 5.73 Å². The molecule has 0 bridgehead atoms. The monoisotopic (exact) mass is 266 g/mol. The van der Waals surface area contributed by atoms with Gasteiger partial charge < -0.3 is 10.5 Å². The third-order valence-corrected chi connectivity index (χ3v) is 3.31. The van der Waals surface area contributed by atoms with Crippen LogP contribution in [-0.4, -0.2) is 30.1 Å². The Morgan fingerprint density at radius 3 is 2.67 bits per heavy atom. The molecule has 2 N–H and O–H groups in total. The molecule has 1 atom stereocenters. The Kier molecular flexibility index (Phi) is 6.09. The number of thiocarbonyl (C=S) groups is 1. The first-order chi connectivity index (χ1) is 8.58. The van der Waals surface area contributed by atoms with Gasteiger partial charge in [-0.15, -0.1) is 0 Å². The predicted molar refractivity (Wildman–Crippen MR) is 79.9 cm³/mol. The van der Waals surface area contributed by atoms with Gasteiger partial charge >= 0.3 is 0 Å². The lowest BCUT2D eigenvalue weighted by atomic mass is 10.1. The molecule has 0 saturated heterocycles. The molecule has 1 aromatic rings. The lowest BCUT2D eigenvalue weighted by molar-refractivity contribution is 0.230. The van der Waals surface area contributed by atoms with Crippen molar-refractivity contribution in [2.45, 2.75) is 32.4 Å². The highest BCUT2D eigenvalue weighted by atomic mass is 32.1. The molecule has 0 radical (unpaired) electrons. The summed E-state index contributed by atoms with van der Waals surface area (Å²) in [7, 11) is 3.80. The topological polar surface area (TPSA) is 38.5 Å². The normalized spacial score (nSPS) is 12.4. The van der Waals surface area contributed by atoms with Crippen molar-refractivity contribution in [3.05, 3.63) is 29.8 Å². The number of rotatable bonds is 7. The smallest absolute Gasteiger partial charge is 0.123 e. The summed E-state index contributed by atoms with van der Waals surface area (Å²) in [6.45, 7) is 2.99. The van der Waals surface area contributed by atoms with E-state index in [2.05, 4.69) is 24.9 Å². The number of methoxy groups -OCH3 is 1. The molecular weight excluding hydrogens is 244 g/mol. The molecule has 3 nitrogen and oxygen atoms in total. The fraction of sp³-hybridized carbons (Fsp3) is 0.500. The van der Waals surface area contributed by atoms with Crippen LogP contribution in [0.2, 0.25) is 0 Å². The van der Waals surface area contributed by atoms with E-state index in [0.29, 0.717) is 11.0 Å². The summed E-state index contributed by atoms with van der Waals surface area (Å²) in [6.07, 6.45) is 1.79. The van der Waals surface area contributed by atoms with E-state index >= 15 is 0 Å². The fourth-order valence-corrected chi connectivity index (χ4v) is 2.27. The lowest BCUT2D eigenvalue weighted by Crippen LogP contribution is -2.34. The molecule has 100 valence electrons. The maximum atomic E-state index is 5.64. The summed E-state index contributed by atoms with van der Waals surface area (Å²) in [5.41, 5.74) is 6.82. The van der Waals surface area contributed by atoms with Crippen LogP contribution in [0, 0.1) is 0 Å². The number of hydrogen-bond acceptors (Lipinski definition) is 3. The first-order valence-electron chi connectivity index (χ1n) is 6.18. The van der Waals surface area contributed by atoms with Crippen LogP contribution in [0.15, 0.2) is 24.3 Å². The van der Waals surface area contributed by atoms with Gasteiger partial charge in [0.2, 0.25) is 0 Å². The van der Waals surface area contributed by atoms with Gasteiger partial charge in [0.25, 0.3) is 0 Å². The Labute approximate surface area is 115 Å². The molecule has 0 aliphatic carbocycles. The van der Waals surface area contributed by atoms with Crippen molar-refractivity contribution in [3.8, 4) is 5.75 Å². The molecule has 0 spiro atoms. The molecular formula is C14H22N2OS. The van der Waals surface area contributed by atoms with Gasteiger partial charge in [-0.2, -0.15) is 0 Å². The van der Waals surface area contributed by atoms with Crippen molar-refractivity contribution < 1.29 is 4.74 Å². The van der Waals surface area contributed by atoms with Gasteiger partial charge in [-0.25, -0.2) is 0 Å². The number of benzene rings is 1. The van der Waals surface area contributed by atoms with Gasteiger partial charge in [-0.05, 0) is 19.5 Å². The standard InChI is InChI=1S/C14H22N2OS/c1-4-12(9-14(15)18)16(2)10-11-7-5-6-8-13(11)17-3/h5-8,12H,4,9-10H2,1-3H3,(H2,15,18). The van der Waals surface area contributed by atoms with E-state index in [-0.39, 0.29) is 0 Å². The summed E-state index contributed by atoms with van der Waals surface area (Å²) in [5, 5.41) is 0. The van der Waals surface area contributed by atoms with Gasteiger partial charge in [0.15, 0.2) is 0 Å². The minimum atomic E-state index is 0.382. The average molecular weight is 266 g/mol. The van der Waals surface area contributed by atoms with E-state index in [4.69, 9.17) is 22.7 Å². The Hall–Kier alpha value is -1.13. The number of hydrogen-bond donors (Lipinski definition) is 1. The number of para-hydroxylation sites is 1. The fourth-order valence-electron chi connectivity index (χ4n) is 2.08. The van der Waals surface area contributed by atoms with Gasteiger partial charge in [-0.1, -0.05) is 37.3 Å². The first-order valence-corrected chi connectivity index (χ1v) is 6.59. The highest BCUT2D eigenvalue weighted by Crippen LogP contribution is 2.20. The first kappa shape index (κ1) is 14.9. The SMILES string of the molecule is CCC(CC(N)=S)N(C)Cc1ccccc1OC.